The van der Waals surface area contributed by atoms with Gasteiger partial charge in [0.25, 0.3) is 0 Å². The SMILES string of the molecule is CC1CCn2nc3c(c2N1)CCCN3. The highest BCUT2D eigenvalue weighted by molar-refractivity contribution is 5.61. The lowest BCUT2D eigenvalue weighted by atomic mass is 10.1. The fourth-order valence-electron chi connectivity index (χ4n) is 2.29. The fraction of sp³-hybridized carbons (Fsp3) is 0.700. The van der Waals surface area contributed by atoms with Crippen LogP contribution in [0.15, 0.2) is 0 Å². The highest BCUT2D eigenvalue weighted by atomic mass is 15.4. The molecule has 0 radical (unpaired) electrons. The van der Waals surface area contributed by atoms with Crippen LogP contribution in [0.3, 0.4) is 0 Å². The lowest BCUT2D eigenvalue weighted by molar-refractivity contribution is 0.512. The molecule has 14 heavy (non-hydrogen) atoms. The number of fused-ring (bicyclic) bond motifs is 3. The van der Waals surface area contributed by atoms with Gasteiger partial charge in [0.1, 0.15) is 5.82 Å². The standard InChI is InChI=1S/C10H16N4/c1-7-4-6-14-10(12-7)8-3-2-5-11-9(8)13-14/h7,12H,2-6H2,1H3,(H,11,13). The van der Waals surface area contributed by atoms with Crippen molar-refractivity contribution in [2.45, 2.75) is 38.8 Å². The molecule has 1 aromatic rings. The first-order valence-corrected chi connectivity index (χ1v) is 5.44. The van der Waals surface area contributed by atoms with Crippen molar-refractivity contribution in [3.8, 4) is 0 Å². The number of aryl methyl sites for hydroxylation is 1. The molecule has 2 aliphatic heterocycles. The van der Waals surface area contributed by atoms with Crippen molar-refractivity contribution >= 4 is 11.6 Å². The molecule has 3 rings (SSSR count). The summed E-state index contributed by atoms with van der Waals surface area (Å²) in [5, 5.41) is 11.5. The smallest absolute Gasteiger partial charge is 0.153 e. The van der Waals surface area contributed by atoms with Crippen LogP contribution in [-0.4, -0.2) is 22.4 Å². The van der Waals surface area contributed by atoms with E-state index in [1.54, 1.807) is 0 Å². The second-order valence-corrected chi connectivity index (χ2v) is 4.26. The van der Waals surface area contributed by atoms with E-state index < -0.39 is 0 Å². The van der Waals surface area contributed by atoms with E-state index in [9.17, 15) is 0 Å². The van der Waals surface area contributed by atoms with Gasteiger partial charge in [0.05, 0.1) is 0 Å². The second kappa shape index (κ2) is 2.90. The zero-order chi connectivity index (χ0) is 9.54. The van der Waals surface area contributed by atoms with Crippen molar-refractivity contribution in [3.05, 3.63) is 5.56 Å². The first kappa shape index (κ1) is 8.15. The first-order chi connectivity index (χ1) is 6.84. The molecule has 0 saturated heterocycles. The second-order valence-electron chi connectivity index (χ2n) is 4.26. The number of nitrogens with one attached hydrogen (secondary N) is 2. The fourth-order valence-corrected chi connectivity index (χ4v) is 2.29. The van der Waals surface area contributed by atoms with Gasteiger partial charge in [-0.2, -0.15) is 5.10 Å². The average molecular weight is 192 g/mol. The molecule has 0 amide bonds. The summed E-state index contributed by atoms with van der Waals surface area (Å²) in [6, 6.07) is 0.588. The molecule has 0 fully saturated rings. The zero-order valence-corrected chi connectivity index (χ0v) is 8.51. The van der Waals surface area contributed by atoms with Crippen molar-refractivity contribution in [1.82, 2.24) is 9.78 Å². The van der Waals surface area contributed by atoms with Crippen LogP contribution in [0.25, 0.3) is 0 Å². The monoisotopic (exact) mass is 192 g/mol. The van der Waals surface area contributed by atoms with Crippen molar-refractivity contribution < 1.29 is 0 Å². The Balaban J connectivity index is 2.05. The van der Waals surface area contributed by atoms with E-state index in [1.165, 1.54) is 24.2 Å². The van der Waals surface area contributed by atoms with E-state index in [2.05, 4.69) is 27.3 Å². The molecule has 4 nitrogen and oxygen atoms in total. The van der Waals surface area contributed by atoms with E-state index in [-0.39, 0.29) is 0 Å². The third-order valence-corrected chi connectivity index (χ3v) is 3.10. The predicted molar refractivity (Wildman–Crippen MR) is 56.7 cm³/mol. The molecule has 2 N–H and O–H groups in total. The third kappa shape index (κ3) is 1.10. The number of hydrogen-bond donors (Lipinski definition) is 2. The Bertz CT molecular complexity index is 355. The van der Waals surface area contributed by atoms with Crippen LogP contribution in [0.5, 0.6) is 0 Å². The van der Waals surface area contributed by atoms with Crippen LogP contribution in [0.2, 0.25) is 0 Å². The minimum atomic E-state index is 0.588. The van der Waals surface area contributed by atoms with Gasteiger partial charge in [-0.25, -0.2) is 4.68 Å². The number of anilines is 2. The van der Waals surface area contributed by atoms with Gasteiger partial charge in [0, 0.05) is 24.7 Å². The summed E-state index contributed by atoms with van der Waals surface area (Å²) in [6.07, 6.45) is 3.56. The molecule has 1 atom stereocenters. The van der Waals surface area contributed by atoms with Crippen molar-refractivity contribution in [3.63, 3.8) is 0 Å². The minimum absolute atomic E-state index is 0.588. The molecule has 0 aromatic carbocycles. The largest absolute Gasteiger partial charge is 0.368 e. The maximum atomic E-state index is 4.57. The molecule has 0 aliphatic carbocycles. The van der Waals surface area contributed by atoms with Crippen molar-refractivity contribution in [1.29, 1.82) is 0 Å². The number of nitrogens with zero attached hydrogens (tertiary/aromatic N) is 2. The van der Waals surface area contributed by atoms with Crippen LogP contribution < -0.4 is 10.6 Å². The Morgan fingerprint density at radius 1 is 1.50 bits per heavy atom. The van der Waals surface area contributed by atoms with Crippen molar-refractivity contribution in [2.75, 3.05) is 17.2 Å². The maximum absolute atomic E-state index is 4.57. The Morgan fingerprint density at radius 2 is 2.43 bits per heavy atom. The topological polar surface area (TPSA) is 41.9 Å². The number of hydrogen-bond acceptors (Lipinski definition) is 3. The van der Waals surface area contributed by atoms with E-state index in [4.69, 9.17) is 0 Å². The lowest BCUT2D eigenvalue weighted by Gasteiger charge is -2.23. The molecule has 2 aliphatic rings. The van der Waals surface area contributed by atoms with Gasteiger partial charge < -0.3 is 10.6 Å². The molecule has 4 heteroatoms. The van der Waals surface area contributed by atoms with Gasteiger partial charge in [-0.1, -0.05) is 0 Å². The molecule has 0 saturated carbocycles. The summed E-state index contributed by atoms with van der Waals surface area (Å²) >= 11 is 0. The quantitative estimate of drug-likeness (QED) is 0.653. The van der Waals surface area contributed by atoms with Gasteiger partial charge in [0.15, 0.2) is 5.82 Å². The van der Waals surface area contributed by atoms with Gasteiger partial charge in [-0.15, -0.1) is 0 Å². The van der Waals surface area contributed by atoms with Gasteiger partial charge in [0.2, 0.25) is 0 Å². The lowest BCUT2D eigenvalue weighted by Crippen LogP contribution is -2.26. The minimum Gasteiger partial charge on any atom is -0.368 e. The molecule has 76 valence electrons. The van der Waals surface area contributed by atoms with E-state index in [0.29, 0.717) is 6.04 Å². The Kier molecular flexibility index (Phi) is 1.69. The molecule has 0 bridgehead atoms. The normalized spacial score (nSPS) is 24.5. The molecule has 3 heterocycles. The summed E-state index contributed by atoms with van der Waals surface area (Å²) in [7, 11) is 0. The number of rotatable bonds is 0. The maximum Gasteiger partial charge on any atom is 0.153 e. The van der Waals surface area contributed by atoms with Gasteiger partial charge in [-0.3, -0.25) is 0 Å². The van der Waals surface area contributed by atoms with Crippen molar-refractivity contribution in [2.24, 2.45) is 0 Å². The number of aromatic nitrogens is 2. The summed E-state index contributed by atoms with van der Waals surface area (Å²) in [5.41, 5.74) is 1.39. The molecular formula is C10H16N4. The summed E-state index contributed by atoms with van der Waals surface area (Å²) in [5.74, 6) is 2.36. The predicted octanol–water partition coefficient (Wildman–Crippen LogP) is 1.45. The highest BCUT2D eigenvalue weighted by Gasteiger charge is 2.24. The first-order valence-electron chi connectivity index (χ1n) is 5.44. The van der Waals surface area contributed by atoms with Gasteiger partial charge in [-0.05, 0) is 26.2 Å². The zero-order valence-electron chi connectivity index (χ0n) is 8.51. The van der Waals surface area contributed by atoms with Crippen LogP contribution in [0.1, 0.15) is 25.3 Å². The summed E-state index contributed by atoms with van der Waals surface area (Å²) in [4.78, 5) is 0. The van der Waals surface area contributed by atoms with Gasteiger partial charge >= 0.3 is 0 Å². The highest BCUT2D eigenvalue weighted by Crippen LogP contribution is 2.31. The van der Waals surface area contributed by atoms with E-state index in [0.717, 1.165) is 25.3 Å². The molecule has 1 unspecified atom stereocenters. The van der Waals surface area contributed by atoms with Crippen LogP contribution in [0.4, 0.5) is 11.6 Å². The Hall–Kier alpha value is -1.19. The summed E-state index contributed by atoms with van der Waals surface area (Å²) < 4.78 is 2.11. The average Bonchev–Trinajstić information content (AvgIpc) is 2.56. The van der Waals surface area contributed by atoms with E-state index >= 15 is 0 Å². The molecular weight excluding hydrogens is 176 g/mol. The Morgan fingerprint density at radius 3 is 3.36 bits per heavy atom. The van der Waals surface area contributed by atoms with Crippen LogP contribution in [-0.2, 0) is 13.0 Å². The Labute approximate surface area is 83.7 Å². The third-order valence-electron chi connectivity index (χ3n) is 3.10. The summed E-state index contributed by atoms with van der Waals surface area (Å²) in [6.45, 7) is 4.36. The molecule has 0 spiro atoms. The van der Waals surface area contributed by atoms with E-state index in [1.807, 2.05) is 0 Å². The van der Waals surface area contributed by atoms with Crippen LogP contribution >= 0.6 is 0 Å². The molecule has 1 aromatic heterocycles. The van der Waals surface area contributed by atoms with Crippen LogP contribution in [0, 0.1) is 0 Å².